The summed E-state index contributed by atoms with van der Waals surface area (Å²) in [7, 11) is 1.67. The van der Waals surface area contributed by atoms with Crippen LogP contribution in [0.25, 0.3) is 0 Å². The topological polar surface area (TPSA) is 63.2 Å². The average molecular weight is 315 g/mol. The summed E-state index contributed by atoms with van der Waals surface area (Å²) in [4.78, 5) is 6.75. The predicted molar refractivity (Wildman–Crippen MR) is 92.9 cm³/mol. The molecule has 0 fully saturated rings. The van der Waals surface area contributed by atoms with E-state index >= 15 is 0 Å². The van der Waals surface area contributed by atoms with Gasteiger partial charge < -0.3 is 15.0 Å². The second-order valence-corrected chi connectivity index (χ2v) is 5.33. The van der Waals surface area contributed by atoms with Crippen LogP contribution in [0.4, 0.5) is 11.8 Å². The molecule has 1 heterocycles. The number of ether oxygens (including phenoxy) is 1. The Labute approximate surface area is 137 Å². The van der Waals surface area contributed by atoms with Gasteiger partial charge >= 0.3 is 0 Å². The van der Waals surface area contributed by atoms with Gasteiger partial charge in [-0.25, -0.2) is 0 Å². The van der Waals surface area contributed by atoms with E-state index < -0.39 is 0 Å². The number of nitrogens with zero attached hydrogens (tertiary/aromatic N) is 4. The molecule has 23 heavy (non-hydrogen) atoms. The molecule has 1 N–H and O–H groups in total. The zero-order valence-electron chi connectivity index (χ0n) is 14.1. The molecule has 2 aromatic rings. The second-order valence-electron chi connectivity index (χ2n) is 5.33. The van der Waals surface area contributed by atoms with Gasteiger partial charge in [0, 0.05) is 19.6 Å². The molecule has 1 aromatic carbocycles. The molecule has 0 unspecified atom stereocenters. The molecule has 0 saturated carbocycles. The summed E-state index contributed by atoms with van der Waals surface area (Å²) in [6.45, 7) is 6.88. The molecule has 0 aliphatic heterocycles. The van der Waals surface area contributed by atoms with Crippen LogP contribution in [0, 0.1) is 0 Å². The quantitative estimate of drug-likeness (QED) is 0.767. The van der Waals surface area contributed by atoms with Crippen LogP contribution >= 0.6 is 0 Å². The second kappa shape index (κ2) is 8.92. The molecule has 6 heteroatoms. The number of aromatic nitrogens is 3. The van der Waals surface area contributed by atoms with Crippen molar-refractivity contribution in [3.63, 3.8) is 0 Å². The minimum Gasteiger partial charge on any atom is -0.497 e. The van der Waals surface area contributed by atoms with Crippen LogP contribution < -0.4 is 15.0 Å². The molecule has 2 rings (SSSR count). The van der Waals surface area contributed by atoms with Crippen LogP contribution in [0.15, 0.2) is 30.5 Å². The third-order valence-electron chi connectivity index (χ3n) is 3.45. The lowest BCUT2D eigenvalue weighted by Gasteiger charge is -2.21. The molecule has 6 nitrogen and oxygen atoms in total. The third-order valence-corrected chi connectivity index (χ3v) is 3.45. The molecule has 0 bridgehead atoms. The number of anilines is 2. The molecule has 0 aliphatic carbocycles. The lowest BCUT2D eigenvalue weighted by atomic mass is 10.2. The van der Waals surface area contributed by atoms with Crippen molar-refractivity contribution in [2.45, 2.75) is 33.2 Å². The van der Waals surface area contributed by atoms with Crippen molar-refractivity contribution in [2.75, 3.05) is 30.4 Å². The number of hydrogen-bond acceptors (Lipinski definition) is 6. The Morgan fingerprint density at radius 1 is 1.09 bits per heavy atom. The number of methoxy groups -OCH3 is 1. The van der Waals surface area contributed by atoms with E-state index in [1.165, 1.54) is 0 Å². The highest BCUT2D eigenvalue weighted by Crippen LogP contribution is 2.14. The maximum Gasteiger partial charge on any atom is 0.247 e. The van der Waals surface area contributed by atoms with Gasteiger partial charge in [-0.2, -0.15) is 10.1 Å². The number of rotatable bonds is 9. The van der Waals surface area contributed by atoms with E-state index in [-0.39, 0.29) is 0 Å². The maximum absolute atomic E-state index is 5.16. The summed E-state index contributed by atoms with van der Waals surface area (Å²) in [5, 5.41) is 11.5. The summed E-state index contributed by atoms with van der Waals surface area (Å²) >= 11 is 0. The van der Waals surface area contributed by atoms with Crippen molar-refractivity contribution in [3.8, 4) is 5.75 Å². The fourth-order valence-electron chi connectivity index (χ4n) is 2.30. The lowest BCUT2D eigenvalue weighted by molar-refractivity contribution is 0.414. The fraction of sp³-hybridized carbons (Fsp3) is 0.471. The van der Waals surface area contributed by atoms with Crippen molar-refractivity contribution in [1.29, 1.82) is 0 Å². The summed E-state index contributed by atoms with van der Waals surface area (Å²) in [5.41, 5.74) is 1.16. The van der Waals surface area contributed by atoms with Crippen LogP contribution in [0.5, 0.6) is 5.75 Å². The number of nitrogens with one attached hydrogen (secondary N) is 1. The standard InChI is InChI=1S/C17H25N5O/c1-4-10-22(11-5-2)17-20-16(13-19-21-17)18-12-14-6-8-15(23-3)9-7-14/h6-9,13H,4-5,10-12H2,1-3H3,(H,18,20,21). The van der Waals surface area contributed by atoms with Gasteiger partial charge in [-0.3, -0.25) is 0 Å². The first-order valence-corrected chi connectivity index (χ1v) is 8.08. The zero-order chi connectivity index (χ0) is 16.5. The van der Waals surface area contributed by atoms with Gasteiger partial charge in [-0.05, 0) is 30.5 Å². The molecule has 0 saturated heterocycles. The van der Waals surface area contributed by atoms with E-state index in [4.69, 9.17) is 4.74 Å². The number of hydrogen-bond donors (Lipinski definition) is 1. The van der Waals surface area contributed by atoms with Crippen LogP contribution in [0.1, 0.15) is 32.3 Å². The van der Waals surface area contributed by atoms with E-state index in [1.54, 1.807) is 13.3 Å². The SMILES string of the molecule is CCCN(CCC)c1nncc(NCc2ccc(OC)cc2)n1. The molecule has 1 aromatic heterocycles. The Morgan fingerprint density at radius 3 is 2.39 bits per heavy atom. The highest BCUT2D eigenvalue weighted by Gasteiger charge is 2.09. The van der Waals surface area contributed by atoms with E-state index in [2.05, 4.69) is 39.2 Å². The largest absolute Gasteiger partial charge is 0.497 e. The molecule has 0 amide bonds. The monoisotopic (exact) mass is 315 g/mol. The van der Waals surface area contributed by atoms with Gasteiger partial charge in [0.2, 0.25) is 5.95 Å². The van der Waals surface area contributed by atoms with Crippen molar-refractivity contribution >= 4 is 11.8 Å². The van der Waals surface area contributed by atoms with E-state index in [9.17, 15) is 0 Å². The molecule has 0 atom stereocenters. The molecular formula is C17H25N5O. The summed E-state index contributed by atoms with van der Waals surface area (Å²) in [5.74, 6) is 2.28. The van der Waals surface area contributed by atoms with Crippen molar-refractivity contribution in [3.05, 3.63) is 36.0 Å². The summed E-state index contributed by atoms with van der Waals surface area (Å²) in [6.07, 6.45) is 3.78. The lowest BCUT2D eigenvalue weighted by Crippen LogP contribution is -2.27. The number of benzene rings is 1. The van der Waals surface area contributed by atoms with Crippen molar-refractivity contribution in [1.82, 2.24) is 15.2 Å². The van der Waals surface area contributed by atoms with Crippen LogP contribution in [-0.2, 0) is 6.54 Å². The summed E-state index contributed by atoms with van der Waals surface area (Å²) in [6, 6.07) is 7.96. The third kappa shape index (κ3) is 5.09. The fourth-order valence-corrected chi connectivity index (χ4v) is 2.30. The van der Waals surface area contributed by atoms with Crippen LogP contribution in [-0.4, -0.2) is 35.4 Å². The van der Waals surface area contributed by atoms with Gasteiger partial charge in [0.15, 0.2) is 5.82 Å². The van der Waals surface area contributed by atoms with E-state index in [0.717, 1.165) is 43.1 Å². The van der Waals surface area contributed by atoms with Gasteiger partial charge in [0.25, 0.3) is 0 Å². The Hall–Kier alpha value is -2.37. The van der Waals surface area contributed by atoms with E-state index in [0.29, 0.717) is 12.5 Å². The summed E-state index contributed by atoms with van der Waals surface area (Å²) < 4.78 is 5.16. The van der Waals surface area contributed by atoms with Crippen LogP contribution in [0.2, 0.25) is 0 Å². The molecule has 0 radical (unpaired) electrons. The van der Waals surface area contributed by atoms with Gasteiger partial charge in [-0.1, -0.05) is 26.0 Å². The van der Waals surface area contributed by atoms with Crippen molar-refractivity contribution < 1.29 is 4.74 Å². The Morgan fingerprint density at radius 2 is 1.78 bits per heavy atom. The molecule has 0 spiro atoms. The smallest absolute Gasteiger partial charge is 0.247 e. The van der Waals surface area contributed by atoms with Gasteiger partial charge in [0.05, 0.1) is 13.3 Å². The normalized spacial score (nSPS) is 10.4. The molecule has 124 valence electrons. The Balaban J connectivity index is 2.00. The first kappa shape index (κ1) is 17.0. The molecule has 0 aliphatic rings. The first-order chi connectivity index (χ1) is 11.3. The highest BCUT2D eigenvalue weighted by atomic mass is 16.5. The Kier molecular flexibility index (Phi) is 6.59. The maximum atomic E-state index is 5.16. The van der Waals surface area contributed by atoms with Crippen molar-refractivity contribution in [2.24, 2.45) is 0 Å². The highest BCUT2D eigenvalue weighted by molar-refractivity contribution is 5.40. The van der Waals surface area contributed by atoms with E-state index in [1.807, 2.05) is 24.3 Å². The average Bonchev–Trinajstić information content (AvgIpc) is 2.60. The van der Waals surface area contributed by atoms with Gasteiger partial charge in [-0.15, -0.1) is 5.10 Å². The minimum atomic E-state index is 0.684. The molecular weight excluding hydrogens is 290 g/mol. The first-order valence-electron chi connectivity index (χ1n) is 8.08. The van der Waals surface area contributed by atoms with Crippen LogP contribution in [0.3, 0.4) is 0 Å². The zero-order valence-corrected chi connectivity index (χ0v) is 14.1. The van der Waals surface area contributed by atoms with Gasteiger partial charge in [0.1, 0.15) is 5.75 Å². The minimum absolute atomic E-state index is 0.684. The Bertz CT molecular complexity index is 582. The predicted octanol–water partition coefficient (Wildman–Crippen LogP) is 3.12.